The molecule has 0 aliphatic carbocycles. The monoisotopic (exact) mass is 224 g/mol. The highest BCUT2D eigenvalue weighted by Gasteiger charge is 2.15. The molecule has 0 fully saturated rings. The van der Waals surface area contributed by atoms with Gasteiger partial charge >= 0.3 is 0 Å². The van der Waals surface area contributed by atoms with Gasteiger partial charge in [0.25, 0.3) is 0 Å². The van der Waals surface area contributed by atoms with Crippen LogP contribution in [0.4, 0.5) is 0 Å². The SMILES string of the molecule is CCCC(C)C(=C(C#N)C#N)c1ccccc1. The van der Waals surface area contributed by atoms with Crippen molar-refractivity contribution in [2.45, 2.75) is 26.7 Å². The molecule has 0 N–H and O–H groups in total. The van der Waals surface area contributed by atoms with Gasteiger partial charge in [-0.3, -0.25) is 0 Å². The number of allylic oxidation sites excluding steroid dienone is 2. The fourth-order valence-corrected chi connectivity index (χ4v) is 2.02. The van der Waals surface area contributed by atoms with Gasteiger partial charge in [0.15, 0.2) is 0 Å². The molecule has 0 heterocycles. The van der Waals surface area contributed by atoms with E-state index in [2.05, 4.69) is 13.8 Å². The summed E-state index contributed by atoms with van der Waals surface area (Å²) < 4.78 is 0. The van der Waals surface area contributed by atoms with E-state index in [1.165, 1.54) is 0 Å². The van der Waals surface area contributed by atoms with Crippen LogP contribution >= 0.6 is 0 Å². The molecular weight excluding hydrogens is 208 g/mol. The van der Waals surface area contributed by atoms with Crippen LogP contribution < -0.4 is 0 Å². The van der Waals surface area contributed by atoms with Crippen molar-refractivity contribution in [3.63, 3.8) is 0 Å². The van der Waals surface area contributed by atoms with Crippen LogP contribution in [0.3, 0.4) is 0 Å². The minimum Gasteiger partial charge on any atom is -0.192 e. The summed E-state index contributed by atoms with van der Waals surface area (Å²) in [4.78, 5) is 0. The molecule has 0 amide bonds. The minimum atomic E-state index is 0.233. The molecule has 1 unspecified atom stereocenters. The second-order valence-corrected chi connectivity index (χ2v) is 4.07. The van der Waals surface area contributed by atoms with Crippen molar-refractivity contribution < 1.29 is 0 Å². The maximum Gasteiger partial charge on any atom is 0.133 e. The van der Waals surface area contributed by atoms with E-state index in [0.717, 1.165) is 24.0 Å². The Bertz CT molecular complexity index is 456. The Labute approximate surface area is 103 Å². The van der Waals surface area contributed by atoms with Crippen molar-refractivity contribution in [1.29, 1.82) is 10.5 Å². The molecule has 0 saturated carbocycles. The largest absolute Gasteiger partial charge is 0.192 e. The number of benzene rings is 1. The zero-order chi connectivity index (χ0) is 12.7. The predicted molar refractivity (Wildman–Crippen MR) is 68.7 cm³/mol. The van der Waals surface area contributed by atoms with E-state index in [0.29, 0.717) is 0 Å². The van der Waals surface area contributed by atoms with Crippen molar-refractivity contribution in [3.05, 3.63) is 41.5 Å². The van der Waals surface area contributed by atoms with E-state index >= 15 is 0 Å². The van der Waals surface area contributed by atoms with Crippen LogP contribution in [-0.2, 0) is 0 Å². The van der Waals surface area contributed by atoms with Crippen molar-refractivity contribution in [1.82, 2.24) is 0 Å². The summed E-state index contributed by atoms with van der Waals surface area (Å²) in [6, 6.07) is 13.7. The fourth-order valence-electron chi connectivity index (χ4n) is 2.02. The van der Waals surface area contributed by atoms with Gasteiger partial charge in [-0.25, -0.2) is 0 Å². The topological polar surface area (TPSA) is 47.6 Å². The van der Waals surface area contributed by atoms with Crippen LogP contribution in [0.2, 0.25) is 0 Å². The van der Waals surface area contributed by atoms with Gasteiger partial charge in [0.1, 0.15) is 17.7 Å². The summed E-state index contributed by atoms with van der Waals surface area (Å²) in [5.74, 6) is 0.233. The highest BCUT2D eigenvalue weighted by atomic mass is 14.3. The highest BCUT2D eigenvalue weighted by Crippen LogP contribution is 2.29. The second-order valence-electron chi connectivity index (χ2n) is 4.07. The first kappa shape index (κ1) is 13.0. The van der Waals surface area contributed by atoms with Crippen molar-refractivity contribution >= 4 is 5.57 Å². The van der Waals surface area contributed by atoms with Crippen molar-refractivity contribution in [2.24, 2.45) is 5.92 Å². The van der Waals surface area contributed by atoms with Crippen LogP contribution in [0.5, 0.6) is 0 Å². The van der Waals surface area contributed by atoms with E-state index in [9.17, 15) is 0 Å². The Morgan fingerprint density at radius 3 is 2.24 bits per heavy atom. The smallest absolute Gasteiger partial charge is 0.133 e. The standard InChI is InChI=1S/C15H16N2/c1-3-7-12(2)15(14(10-16)11-17)13-8-5-4-6-9-13/h4-6,8-9,12H,3,7H2,1-2H3. The first-order chi connectivity index (χ1) is 8.24. The molecule has 0 spiro atoms. The summed E-state index contributed by atoms with van der Waals surface area (Å²) >= 11 is 0. The molecule has 2 nitrogen and oxygen atoms in total. The molecule has 0 aliphatic heterocycles. The molecule has 0 radical (unpaired) electrons. The van der Waals surface area contributed by atoms with Crippen LogP contribution in [0.15, 0.2) is 35.9 Å². The molecule has 1 rings (SSSR count). The Balaban J connectivity index is 3.28. The van der Waals surface area contributed by atoms with Crippen molar-refractivity contribution in [2.75, 3.05) is 0 Å². The Morgan fingerprint density at radius 2 is 1.76 bits per heavy atom. The van der Waals surface area contributed by atoms with E-state index in [-0.39, 0.29) is 11.5 Å². The Morgan fingerprint density at radius 1 is 1.18 bits per heavy atom. The van der Waals surface area contributed by atoms with Gasteiger partial charge in [-0.15, -0.1) is 0 Å². The number of rotatable bonds is 4. The van der Waals surface area contributed by atoms with E-state index in [4.69, 9.17) is 10.5 Å². The van der Waals surface area contributed by atoms with Gasteiger partial charge in [-0.2, -0.15) is 10.5 Å². The summed E-state index contributed by atoms with van der Waals surface area (Å²) in [6.07, 6.45) is 2.03. The van der Waals surface area contributed by atoms with E-state index < -0.39 is 0 Å². The van der Waals surface area contributed by atoms with Gasteiger partial charge in [0.2, 0.25) is 0 Å². The van der Waals surface area contributed by atoms with Gasteiger partial charge in [0.05, 0.1) is 0 Å². The fraction of sp³-hybridized carbons (Fsp3) is 0.333. The molecule has 1 aromatic rings. The lowest BCUT2D eigenvalue weighted by molar-refractivity contribution is 0.649. The van der Waals surface area contributed by atoms with Gasteiger partial charge in [-0.1, -0.05) is 50.6 Å². The van der Waals surface area contributed by atoms with Crippen LogP contribution in [0, 0.1) is 28.6 Å². The lowest BCUT2D eigenvalue weighted by Crippen LogP contribution is -2.01. The molecule has 0 saturated heterocycles. The van der Waals surface area contributed by atoms with Crippen molar-refractivity contribution in [3.8, 4) is 12.1 Å². The first-order valence-corrected chi connectivity index (χ1v) is 5.84. The lowest BCUT2D eigenvalue weighted by Gasteiger charge is -2.15. The predicted octanol–water partition coefficient (Wildman–Crippen LogP) is 3.92. The minimum absolute atomic E-state index is 0.233. The number of hydrogen-bond acceptors (Lipinski definition) is 2. The van der Waals surface area contributed by atoms with Crippen LogP contribution in [0.1, 0.15) is 32.3 Å². The van der Waals surface area contributed by atoms with Gasteiger partial charge in [0, 0.05) is 0 Å². The van der Waals surface area contributed by atoms with Gasteiger partial charge in [-0.05, 0) is 23.5 Å². The normalized spacial score (nSPS) is 11.1. The zero-order valence-electron chi connectivity index (χ0n) is 10.3. The number of nitrogens with zero attached hydrogens (tertiary/aromatic N) is 2. The van der Waals surface area contributed by atoms with E-state index in [1.807, 2.05) is 42.5 Å². The molecule has 0 aromatic heterocycles. The third kappa shape index (κ3) is 3.20. The maximum absolute atomic E-state index is 9.04. The second kappa shape index (κ2) is 6.51. The number of hydrogen-bond donors (Lipinski definition) is 0. The summed E-state index contributed by atoms with van der Waals surface area (Å²) in [5, 5.41) is 18.1. The summed E-state index contributed by atoms with van der Waals surface area (Å²) in [7, 11) is 0. The zero-order valence-corrected chi connectivity index (χ0v) is 10.3. The molecule has 1 atom stereocenters. The number of nitriles is 2. The van der Waals surface area contributed by atoms with E-state index in [1.54, 1.807) is 0 Å². The maximum atomic E-state index is 9.04. The third-order valence-corrected chi connectivity index (χ3v) is 2.79. The molecule has 86 valence electrons. The van der Waals surface area contributed by atoms with Gasteiger partial charge < -0.3 is 0 Å². The Hall–Kier alpha value is -2.06. The third-order valence-electron chi connectivity index (χ3n) is 2.79. The average Bonchev–Trinajstić information content (AvgIpc) is 2.37. The molecular formula is C15H16N2. The summed E-state index contributed by atoms with van der Waals surface area (Å²) in [5.41, 5.74) is 2.08. The Kier molecular flexibility index (Phi) is 4.98. The first-order valence-electron chi connectivity index (χ1n) is 5.84. The molecule has 0 bridgehead atoms. The molecule has 1 aromatic carbocycles. The lowest BCUT2D eigenvalue weighted by atomic mass is 9.87. The molecule has 0 aliphatic rings. The summed E-state index contributed by atoms with van der Waals surface area (Å²) in [6.45, 7) is 4.18. The van der Waals surface area contributed by atoms with Crippen LogP contribution in [-0.4, -0.2) is 0 Å². The highest BCUT2D eigenvalue weighted by molar-refractivity contribution is 5.76. The average molecular weight is 224 g/mol. The molecule has 17 heavy (non-hydrogen) atoms. The quantitative estimate of drug-likeness (QED) is 0.727. The molecule has 2 heteroatoms. The van der Waals surface area contributed by atoms with Crippen LogP contribution in [0.25, 0.3) is 5.57 Å².